The van der Waals surface area contributed by atoms with Crippen molar-refractivity contribution in [2.45, 2.75) is 20.8 Å². The van der Waals surface area contributed by atoms with Crippen LogP contribution in [0.4, 0.5) is 0 Å². The van der Waals surface area contributed by atoms with E-state index in [0.29, 0.717) is 30.1 Å². The Hall–Kier alpha value is -2.96. The predicted molar refractivity (Wildman–Crippen MR) is 89.3 cm³/mol. The molecular weight excluding hydrogens is 306 g/mol. The number of hydrogen-bond acceptors (Lipinski definition) is 5. The zero-order chi connectivity index (χ0) is 17.1. The number of carbonyl (C=O) groups excluding carboxylic acids is 1. The minimum Gasteiger partial charge on any atom is -0.490 e. The third kappa shape index (κ3) is 3.34. The quantitative estimate of drug-likeness (QED) is 0.724. The molecule has 0 saturated heterocycles. The molecule has 7 heteroatoms. The predicted octanol–water partition coefficient (Wildman–Crippen LogP) is 1.86. The lowest BCUT2D eigenvalue weighted by molar-refractivity contribution is 0.0948. The summed E-state index contributed by atoms with van der Waals surface area (Å²) >= 11 is 0. The van der Waals surface area contributed by atoms with Crippen LogP contribution >= 0.6 is 0 Å². The second kappa shape index (κ2) is 6.66. The van der Waals surface area contributed by atoms with Crippen molar-refractivity contribution in [3.05, 3.63) is 53.2 Å². The van der Waals surface area contributed by atoms with Crippen molar-refractivity contribution >= 4 is 11.6 Å². The van der Waals surface area contributed by atoms with Crippen molar-refractivity contribution in [3.8, 4) is 5.75 Å². The molecule has 0 atom stereocenters. The molecule has 0 aromatic carbocycles. The summed E-state index contributed by atoms with van der Waals surface area (Å²) < 4.78 is 7.23. The molecule has 0 aliphatic rings. The van der Waals surface area contributed by atoms with Gasteiger partial charge in [0.15, 0.2) is 5.65 Å². The molecule has 0 saturated carbocycles. The number of nitrogens with one attached hydrogen (secondary N) is 1. The van der Waals surface area contributed by atoms with Gasteiger partial charge in [-0.3, -0.25) is 9.78 Å². The van der Waals surface area contributed by atoms with Gasteiger partial charge in [0, 0.05) is 17.6 Å². The lowest BCUT2D eigenvalue weighted by Crippen LogP contribution is -2.28. The summed E-state index contributed by atoms with van der Waals surface area (Å²) in [5.41, 5.74) is 3.84. The molecule has 7 nitrogen and oxygen atoms in total. The highest BCUT2D eigenvalue weighted by Crippen LogP contribution is 2.12. The zero-order valence-corrected chi connectivity index (χ0v) is 13.9. The Morgan fingerprint density at radius 1 is 1.21 bits per heavy atom. The van der Waals surface area contributed by atoms with E-state index in [0.717, 1.165) is 17.0 Å². The number of nitrogens with zero attached hydrogens (tertiary/aromatic N) is 4. The van der Waals surface area contributed by atoms with Crippen LogP contribution in [0.3, 0.4) is 0 Å². The number of amides is 1. The Kier molecular flexibility index (Phi) is 4.41. The van der Waals surface area contributed by atoms with E-state index in [2.05, 4.69) is 20.4 Å². The van der Waals surface area contributed by atoms with Crippen LogP contribution in [0.25, 0.3) is 5.65 Å². The maximum Gasteiger partial charge on any atom is 0.256 e. The number of hydrogen-bond donors (Lipinski definition) is 1. The molecule has 0 aliphatic carbocycles. The fourth-order valence-electron chi connectivity index (χ4n) is 2.47. The molecule has 3 aromatic rings. The molecule has 0 bridgehead atoms. The van der Waals surface area contributed by atoms with Crippen molar-refractivity contribution < 1.29 is 9.53 Å². The fraction of sp³-hybridized carbons (Fsp3) is 0.294. The van der Waals surface area contributed by atoms with E-state index in [1.165, 1.54) is 6.20 Å². The van der Waals surface area contributed by atoms with Crippen molar-refractivity contribution in [1.29, 1.82) is 0 Å². The van der Waals surface area contributed by atoms with Gasteiger partial charge < -0.3 is 10.1 Å². The summed E-state index contributed by atoms with van der Waals surface area (Å²) in [4.78, 5) is 20.8. The molecule has 1 amide bonds. The monoisotopic (exact) mass is 325 g/mol. The van der Waals surface area contributed by atoms with Gasteiger partial charge in [0.2, 0.25) is 0 Å². The van der Waals surface area contributed by atoms with E-state index in [-0.39, 0.29) is 5.91 Å². The van der Waals surface area contributed by atoms with Gasteiger partial charge in [-0.1, -0.05) is 0 Å². The first kappa shape index (κ1) is 15.9. The summed E-state index contributed by atoms with van der Waals surface area (Å²) in [6.07, 6.45) is 4.95. The van der Waals surface area contributed by atoms with E-state index in [9.17, 15) is 4.79 Å². The first-order valence-corrected chi connectivity index (χ1v) is 7.69. The molecule has 124 valence electrons. The maximum atomic E-state index is 12.3. The second-order valence-corrected chi connectivity index (χ2v) is 5.63. The zero-order valence-electron chi connectivity index (χ0n) is 13.9. The summed E-state index contributed by atoms with van der Waals surface area (Å²) in [5, 5.41) is 7.04. The summed E-state index contributed by atoms with van der Waals surface area (Å²) in [6.45, 7) is 6.52. The van der Waals surface area contributed by atoms with Gasteiger partial charge in [-0.2, -0.15) is 5.10 Å². The third-order valence-electron chi connectivity index (χ3n) is 3.53. The van der Waals surface area contributed by atoms with Gasteiger partial charge in [0.1, 0.15) is 17.9 Å². The SMILES string of the molecule is Cc1cncc(OCCNC(=O)c2cnn3c(C)cc(C)nc23)c1. The minimum atomic E-state index is -0.214. The fourth-order valence-corrected chi connectivity index (χ4v) is 2.47. The van der Waals surface area contributed by atoms with Crippen molar-refractivity contribution in [3.63, 3.8) is 0 Å². The highest BCUT2D eigenvalue weighted by molar-refractivity contribution is 5.99. The highest BCUT2D eigenvalue weighted by atomic mass is 16.5. The van der Waals surface area contributed by atoms with Crippen LogP contribution < -0.4 is 10.1 Å². The molecule has 0 spiro atoms. The van der Waals surface area contributed by atoms with Crippen LogP contribution in [0.5, 0.6) is 5.75 Å². The highest BCUT2D eigenvalue weighted by Gasteiger charge is 2.15. The van der Waals surface area contributed by atoms with Gasteiger partial charge in [0.25, 0.3) is 5.91 Å². The van der Waals surface area contributed by atoms with E-state index in [4.69, 9.17) is 4.74 Å². The number of fused-ring (bicyclic) bond motifs is 1. The Morgan fingerprint density at radius 2 is 2.04 bits per heavy atom. The van der Waals surface area contributed by atoms with Crippen molar-refractivity contribution in [2.75, 3.05) is 13.2 Å². The van der Waals surface area contributed by atoms with Crippen LogP contribution in [0.1, 0.15) is 27.3 Å². The Bertz CT molecular complexity index is 888. The molecule has 0 unspecified atom stereocenters. The molecule has 1 N–H and O–H groups in total. The minimum absolute atomic E-state index is 0.214. The molecule has 3 aromatic heterocycles. The number of ether oxygens (including phenoxy) is 1. The van der Waals surface area contributed by atoms with Gasteiger partial charge >= 0.3 is 0 Å². The van der Waals surface area contributed by atoms with E-state index in [1.807, 2.05) is 32.9 Å². The van der Waals surface area contributed by atoms with Crippen molar-refractivity contribution in [1.82, 2.24) is 24.9 Å². The van der Waals surface area contributed by atoms with E-state index >= 15 is 0 Å². The van der Waals surface area contributed by atoms with Gasteiger partial charge in [-0.25, -0.2) is 9.50 Å². The summed E-state index contributed by atoms with van der Waals surface area (Å²) in [5.74, 6) is 0.474. The largest absolute Gasteiger partial charge is 0.490 e. The van der Waals surface area contributed by atoms with Crippen LogP contribution in [0.15, 0.2) is 30.7 Å². The Labute approximate surface area is 139 Å². The number of aryl methyl sites for hydroxylation is 3. The summed E-state index contributed by atoms with van der Waals surface area (Å²) in [6, 6.07) is 3.82. The first-order chi connectivity index (χ1) is 11.5. The normalized spacial score (nSPS) is 10.8. The topological polar surface area (TPSA) is 81.4 Å². The molecule has 24 heavy (non-hydrogen) atoms. The standard InChI is InChI=1S/C17H19N5O2/c1-11-6-14(9-18-8-11)24-5-4-19-17(23)15-10-20-22-13(3)7-12(2)21-16(15)22/h6-10H,4-5H2,1-3H3,(H,19,23). The number of aromatic nitrogens is 4. The maximum absolute atomic E-state index is 12.3. The first-order valence-electron chi connectivity index (χ1n) is 7.69. The molecular formula is C17H19N5O2. The Balaban J connectivity index is 1.61. The van der Waals surface area contributed by atoms with Gasteiger partial charge in [0.05, 0.1) is 18.9 Å². The third-order valence-corrected chi connectivity index (χ3v) is 3.53. The lowest BCUT2D eigenvalue weighted by Gasteiger charge is -2.07. The molecule has 3 heterocycles. The van der Waals surface area contributed by atoms with Gasteiger partial charge in [-0.15, -0.1) is 0 Å². The smallest absolute Gasteiger partial charge is 0.256 e. The van der Waals surface area contributed by atoms with Crippen LogP contribution in [0, 0.1) is 20.8 Å². The lowest BCUT2D eigenvalue weighted by atomic mass is 10.3. The van der Waals surface area contributed by atoms with E-state index < -0.39 is 0 Å². The van der Waals surface area contributed by atoms with Gasteiger partial charge in [-0.05, 0) is 38.5 Å². The van der Waals surface area contributed by atoms with Crippen molar-refractivity contribution in [2.24, 2.45) is 0 Å². The second-order valence-electron chi connectivity index (χ2n) is 5.63. The van der Waals surface area contributed by atoms with Crippen LogP contribution in [-0.2, 0) is 0 Å². The van der Waals surface area contributed by atoms with Crippen LogP contribution in [-0.4, -0.2) is 38.6 Å². The molecule has 0 radical (unpaired) electrons. The van der Waals surface area contributed by atoms with Crippen LogP contribution in [0.2, 0.25) is 0 Å². The number of rotatable bonds is 5. The molecule has 0 aliphatic heterocycles. The van der Waals surface area contributed by atoms with E-state index in [1.54, 1.807) is 16.9 Å². The number of pyridine rings is 1. The molecule has 3 rings (SSSR count). The average Bonchev–Trinajstić information content (AvgIpc) is 2.95. The summed E-state index contributed by atoms with van der Waals surface area (Å²) in [7, 11) is 0. The Morgan fingerprint density at radius 3 is 2.83 bits per heavy atom. The number of carbonyl (C=O) groups is 1. The molecule has 0 fully saturated rings. The average molecular weight is 325 g/mol.